The molecule has 316 valence electrons. The van der Waals surface area contributed by atoms with E-state index in [0.29, 0.717) is 12.0 Å². The van der Waals surface area contributed by atoms with Crippen LogP contribution in [-0.4, -0.2) is 6.04 Å². The molecule has 0 spiro atoms. The molecule has 1 aliphatic heterocycles. The number of nitrogens with zero attached hydrogens (tertiary/aromatic N) is 2. The van der Waals surface area contributed by atoms with Crippen molar-refractivity contribution in [3.63, 3.8) is 0 Å². The first-order valence-electron chi connectivity index (χ1n) is 23.9. The van der Waals surface area contributed by atoms with E-state index >= 15 is 0 Å². The lowest BCUT2D eigenvalue weighted by atomic mass is 9.59. The molecule has 0 saturated heterocycles. The van der Waals surface area contributed by atoms with E-state index in [4.69, 9.17) is 0 Å². The van der Waals surface area contributed by atoms with Crippen molar-refractivity contribution in [2.75, 3.05) is 9.80 Å². The summed E-state index contributed by atoms with van der Waals surface area (Å²) in [5, 5.41) is 0. The fourth-order valence-corrected chi connectivity index (χ4v) is 12.3. The molecule has 12 rings (SSSR count). The van der Waals surface area contributed by atoms with Gasteiger partial charge in [-0.05, 0) is 136 Å². The Bertz CT molecular complexity index is 3030. The first-order chi connectivity index (χ1) is 32.3. The van der Waals surface area contributed by atoms with E-state index in [-0.39, 0.29) is 11.3 Å². The summed E-state index contributed by atoms with van der Waals surface area (Å²) in [7, 11) is 0. The van der Waals surface area contributed by atoms with Gasteiger partial charge in [0.05, 0.1) is 0 Å². The standard InChI is InChI=1S/C63H54N2/c1-2-9-25-49(24-8-1)63(50-26-10-4-11-27-50)59-33-16-14-31-55(59)56-41-40-54(44-60(56)63)64(52-38-36-46(37-39-52)45-20-6-3-7-21-45)53-30-18-22-47(42-53)48-23-19-35-62-58(43-48)57-32-15-17-34-61(57)65(62)51-28-12-5-13-29-51/h1-3,5-9,12-24,28-34,36-44,50,58,62H,4,10-11,25-27,35H2/t58?,62?,63-/m1/s1. The lowest BCUT2D eigenvalue weighted by molar-refractivity contribution is 0.269. The van der Waals surface area contributed by atoms with Gasteiger partial charge in [-0.3, -0.25) is 0 Å². The number of benzene rings is 7. The number of hydrogen-bond acceptors (Lipinski definition) is 2. The summed E-state index contributed by atoms with van der Waals surface area (Å²) < 4.78 is 0. The number of rotatable bonds is 8. The fraction of sp³-hybridized carbons (Fsp3) is 0.175. The molecular formula is C63H54N2. The largest absolute Gasteiger partial charge is 0.337 e. The topological polar surface area (TPSA) is 6.48 Å². The summed E-state index contributed by atoms with van der Waals surface area (Å²) in [5.41, 5.74) is 19.4. The number of para-hydroxylation sites is 2. The van der Waals surface area contributed by atoms with E-state index in [2.05, 4.69) is 234 Å². The normalized spacial score (nSPS) is 20.8. The van der Waals surface area contributed by atoms with Crippen molar-refractivity contribution >= 4 is 34.0 Å². The summed E-state index contributed by atoms with van der Waals surface area (Å²) in [6.45, 7) is 0. The van der Waals surface area contributed by atoms with Crippen LogP contribution < -0.4 is 9.80 Å². The maximum Gasteiger partial charge on any atom is 0.0481 e. The molecule has 3 atom stereocenters. The second-order valence-electron chi connectivity index (χ2n) is 18.5. The van der Waals surface area contributed by atoms with Crippen LogP contribution in [0.1, 0.15) is 73.1 Å². The van der Waals surface area contributed by atoms with Crippen molar-refractivity contribution in [3.05, 3.63) is 252 Å². The van der Waals surface area contributed by atoms with Crippen LogP contribution in [0.25, 0.3) is 27.8 Å². The SMILES string of the molecule is C1=CC=C([C@@]2(C3CCCCC3)c3ccccc3-c3ccc(N(c4ccc(-c5ccccc5)cc4)c4cccc(C5=CC6c7ccccc7N(c7ccccc7)C6CC=C5)c4)cc32)CC=C1. The molecule has 0 amide bonds. The van der Waals surface area contributed by atoms with Crippen LogP contribution in [0, 0.1) is 5.92 Å². The molecule has 2 unspecified atom stereocenters. The van der Waals surface area contributed by atoms with Crippen molar-refractivity contribution in [1.29, 1.82) is 0 Å². The Morgan fingerprint density at radius 2 is 1.23 bits per heavy atom. The smallest absolute Gasteiger partial charge is 0.0481 e. The molecule has 5 aliphatic rings. The van der Waals surface area contributed by atoms with Gasteiger partial charge in [-0.15, -0.1) is 0 Å². The van der Waals surface area contributed by atoms with Crippen LogP contribution in [0.2, 0.25) is 0 Å². The lowest BCUT2D eigenvalue weighted by Gasteiger charge is -2.44. The number of anilines is 5. The van der Waals surface area contributed by atoms with Crippen molar-refractivity contribution in [2.24, 2.45) is 5.92 Å². The van der Waals surface area contributed by atoms with Gasteiger partial charge < -0.3 is 9.80 Å². The maximum atomic E-state index is 2.59. The van der Waals surface area contributed by atoms with Crippen molar-refractivity contribution in [1.82, 2.24) is 0 Å². The predicted molar refractivity (Wildman–Crippen MR) is 274 cm³/mol. The molecule has 1 fully saturated rings. The van der Waals surface area contributed by atoms with E-state index in [9.17, 15) is 0 Å². The third kappa shape index (κ3) is 6.78. The highest BCUT2D eigenvalue weighted by molar-refractivity contribution is 5.89. The Balaban J connectivity index is 1.01. The van der Waals surface area contributed by atoms with Crippen LogP contribution in [-0.2, 0) is 5.41 Å². The highest BCUT2D eigenvalue weighted by atomic mass is 15.2. The van der Waals surface area contributed by atoms with Gasteiger partial charge in [-0.2, -0.15) is 0 Å². The Hall–Kier alpha value is -7.16. The molecule has 7 aromatic carbocycles. The highest BCUT2D eigenvalue weighted by Crippen LogP contribution is 2.61. The van der Waals surface area contributed by atoms with Gasteiger partial charge in [0.25, 0.3) is 0 Å². The van der Waals surface area contributed by atoms with E-state index in [0.717, 1.165) is 24.2 Å². The second-order valence-corrected chi connectivity index (χ2v) is 18.5. The number of hydrogen-bond donors (Lipinski definition) is 0. The summed E-state index contributed by atoms with van der Waals surface area (Å²) in [5.74, 6) is 0.786. The van der Waals surface area contributed by atoms with Gasteiger partial charge in [0.2, 0.25) is 0 Å². The van der Waals surface area contributed by atoms with Gasteiger partial charge in [0.15, 0.2) is 0 Å². The maximum absolute atomic E-state index is 2.59. The predicted octanol–water partition coefficient (Wildman–Crippen LogP) is 16.8. The van der Waals surface area contributed by atoms with Gasteiger partial charge in [-0.1, -0.05) is 195 Å². The minimum absolute atomic E-state index is 0.205. The first kappa shape index (κ1) is 39.4. The van der Waals surface area contributed by atoms with Gasteiger partial charge in [0, 0.05) is 45.8 Å². The van der Waals surface area contributed by atoms with E-state index in [1.165, 1.54) is 105 Å². The third-order valence-electron chi connectivity index (χ3n) is 15.1. The van der Waals surface area contributed by atoms with Crippen molar-refractivity contribution < 1.29 is 0 Å². The molecule has 0 bridgehead atoms. The second kappa shape index (κ2) is 16.8. The lowest BCUT2D eigenvalue weighted by Crippen LogP contribution is -2.38. The average molecular weight is 839 g/mol. The van der Waals surface area contributed by atoms with Crippen LogP contribution in [0.5, 0.6) is 0 Å². The van der Waals surface area contributed by atoms with E-state index in [1.807, 2.05) is 0 Å². The molecule has 2 nitrogen and oxygen atoms in total. The summed E-state index contributed by atoms with van der Waals surface area (Å²) in [6.07, 6.45) is 27.2. The molecule has 7 aromatic rings. The Kier molecular flexibility index (Phi) is 10.2. The summed E-state index contributed by atoms with van der Waals surface area (Å²) in [4.78, 5) is 5.08. The van der Waals surface area contributed by atoms with Crippen LogP contribution >= 0.6 is 0 Å². The molecular weight excluding hydrogens is 785 g/mol. The Morgan fingerprint density at radius 1 is 0.523 bits per heavy atom. The molecule has 1 saturated carbocycles. The van der Waals surface area contributed by atoms with Crippen molar-refractivity contribution in [2.45, 2.75) is 62.3 Å². The average Bonchev–Trinajstić information content (AvgIpc) is 3.54. The summed E-state index contributed by atoms with van der Waals surface area (Å²) in [6, 6.07) is 66.3. The molecule has 65 heavy (non-hydrogen) atoms. The minimum atomic E-state index is -0.205. The van der Waals surface area contributed by atoms with Crippen molar-refractivity contribution in [3.8, 4) is 22.3 Å². The monoisotopic (exact) mass is 838 g/mol. The first-order valence-corrected chi connectivity index (χ1v) is 23.9. The Labute approximate surface area is 384 Å². The quantitative estimate of drug-likeness (QED) is 0.150. The number of allylic oxidation sites excluding steroid dienone is 8. The zero-order valence-corrected chi connectivity index (χ0v) is 36.9. The molecule has 0 radical (unpaired) electrons. The van der Waals surface area contributed by atoms with E-state index in [1.54, 1.807) is 0 Å². The zero-order chi connectivity index (χ0) is 43.2. The van der Waals surface area contributed by atoms with Gasteiger partial charge in [-0.25, -0.2) is 0 Å². The van der Waals surface area contributed by atoms with Gasteiger partial charge in [0.1, 0.15) is 0 Å². The fourth-order valence-electron chi connectivity index (χ4n) is 12.3. The third-order valence-corrected chi connectivity index (χ3v) is 15.1. The molecule has 2 heteroatoms. The van der Waals surface area contributed by atoms with Crippen LogP contribution in [0.15, 0.2) is 230 Å². The molecule has 0 N–H and O–H groups in total. The zero-order valence-electron chi connectivity index (χ0n) is 36.9. The molecule has 0 aromatic heterocycles. The van der Waals surface area contributed by atoms with Crippen LogP contribution in [0.3, 0.4) is 0 Å². The van der Waals surface area contributed by atoms with Gasteiger partial charge >= 0.3 is 0 Å². The highest BCUT2D eigenvalue weighted by Gasteiger charge is 2.51. The van der Waals surface area contributed by atoms with E-state index < -0.39 is 0 Å². The summed E-state index contributed by atoms with van der Waals surface area (Å²) >= 11 is 0. The Morgan fingerprint density at radius 3 is 2.09 bits per heavy atom. The molecule has 4 aliphatic carbocycles. The molecule has 1 heterocycles. The van der Waals surface area contributed by atoms with Crippen LogP contribution in [0.4, 0.5) is 28.4 Å². The number of fused-ring (bicyclic) bond motifs is 6. The minimum Gasteiger partial charge on any atom is -0.337 e.